The molecular formula is C17H21ClN2O3S. The van der Waals surface area contributed by atoms with Gasteiger partial charge in [-0.05, 0) is 29.3 Å². The maximum atomic E-state index is 12.1. The van der Waals surface area contributed by atoms with Crippen LogP contribution in [-0.4, -0.2) is 34.2 Å². The standard InChI is InChI=1S/C17H21ClN2O3S/c1-20(2)15-9-7-13(8-10-15)17(21)11-19-24(22,23)12-14-5-3-4-6-16(14)18/h3-10,17,19,21H,11-12H2,1-2H3/t17-/m1/s1. The molecule has 0 fully saturated rings. The minimum atomic E-state index is -3.58. The molecule has 0 aromatic heterocycles. The van der Waals surface area contributed by atoms with Gasteiger partial charge in [-0.2, -0.15) is 0 Å². The molecule has 0 amide bonds. The monoisotopic (exact) mass is 368 g/mol. The van der Waals surface area contributed by atoms with Gasteiger partial charge in [0.15, 0.2) is 0 Å². The zero-order chi connectivity index (χ0) is 17.7. The van der Waals surface area contributed by atoms with Gasteiger partial charge in [-0.3, -0.25) is 0 Å². The highest BCUT2D eigenvalue weighted by molar-refractivity contribution is 7.88. The molecule has 2 N–H and O–H groups in total. The Morgan fingerprint density at radius 1 is 1.12 bits per heavy atom. The third kappa shape index (κ3) is 5.21. The van der Waals surface area contributed by atoms with Crippen molar-refractivity contribution in [1.29, 1.82) is 0 Å². The lowest BCUT2D eigenvalue weighted by Crippen LogP contribution is -2.29. The molecule has 130 valence electrons. The van der Waals surface area contributed by atoms with Gasteiger partial charge in [0.1, 0.15) is 0 Å². The van der Waals surface area contributed by atoms with E-state index in [0.29, 0.717) is 16.1 Å². The van der Waals surface area contributed by atoms with Crippen molar-refractivity contribution in [2.24, 2.45) is 0 Å². The zero-order valence-electron chi connectivity index (χ0n) is 13.6. The Kier molecular flexibility index (Phi) is 6.23. The molecule has 2 rings (SSSR count). The minimum Gasteiger partial charge on any atom is -0.387 e. The molecule has 0 aliphatic carbocycles. The van der Waals surface area contributed by atoms with E-state index in [1.807, 2.05) is 31.1 Å². The number of nitrogens with zero attached hydrogens (tertiary/aromatic N) is 1. The van der Waals surface area contributed by atoms with Crippen LogP contribution in [0.1, 0.15) is 17.2 Å². The van der Waals surface area contributed by atoms with Gasteiger partial charge in [-0.1, -0.05) is 41.9 Å². The molecule has 0 aliphatic heterocycles. The van der Waals surface area contributed by atoms with E-state index < -0.39 is 16.1 Å². The lowest BCUT2D eigenvalue weighted by Gasteiger charge is -2.16. The molecule has 5 nitrogen and oxygen atoms in total. The van der Waals surface area contributed by atoms with Crippen molar-refractivity contribution in [2.45, 2.75) is 11.9 Å². The first-order valence-corrected chi connectivity index (χ1v) is 9.47. The Morgan fingerprint density at radius 3 is 2.33 bits per heavy atom. The number of sulfonamides is 1. The van der Waals surface area contributed by atoms with Gasteiger partial charge in [0.25, 0.3) is 0 Å². The van der Waals surface area contributed by atoms with Gasteiger partial charge >= 0.3 is 0 Å². The third-order valence-corrected chi connectivity index (χ3v) is 5.26. The Labute approximate surface area is 147 Å². The number of hydrogen-bond donors (Lipinski definition) is 2. The molecule has 2 aromatic carbocycles. The van der Waals surface area contributed by atoms with Crippen LogP contribution in [0.4, 0.5) is 5.69 Å². The highest BCUT2D eigenvalue weighted by Gasteiger charge is 2.16. The highest BCUT2D eigenvalue weighted by atomic mass is 35.5. The molecule has 0 aliphatic rings. The van der Waals surface area contributed by atoms with Crippen molar-refractivity contribution in [1.82, 2.24) is 4.72 Å². The van der Waals surface area contributed by atoms with Crippen LogP contribution in [0, 0.1) is 0 Å². The third-order valence-electron chi connectivity index (χ3n) is 3.59. The zero-order valence-corrected chi connectivity index (χ0v) is 15.2. The van der Waals surface area contributed by atoms with Gasteiger partial charge in [0, 0.05) is 31.4 Å². The first kappa shape index (κ1) is 18.7. The maximum absolute atomic E-state index is 12.1. The molecule has 0 saturated heterocycles. The second kappa shape index (κ2) is 7.98. The lowest BCUT2D eigenvalue weighted by atomic mass is 10.1. The van der Waals surface area contributed by atoms with Gasteiger partial charge in [0.05, 0.1) is 11.9 Å². The van der Waals surface area contributed by atoms with Crippen LogP contribution >= 0.6 is 11.6 Å². The van der Waals surface area contributed by atoms with E-state index in [1.165, 1.54) is 0 Å². The largest absolute Gasteiger partial charge is 0.387 e. The normalized spacial score (nSPS) is 12.8. The Hall–Kier alpha value is -1.60. The molecule has 24 heavy (non-hydrogen) atoms. The van der Waals surface area contributed by atoms with Crippen molar-refractivity contribution < 1.29 is 13.5 Å². The van der Waals surface area contributed by atoms with Gasteiger partial charge in [-0.15, -0.1) is 0 Å². The van der Waals surface area contributed by atoms with E-state index in [4.69, 9.17) is 11.6 Å². The molecule has 1 atom stereocenters. The summed E-state index contributed by atoms with van der Waals surface area (Å²) in [6.07, 6.45) is -0.915. The van der Waals surface area contributed by atoms with E-state index in [-0.39, 0.29) is 12.3 Å². The first-order chi connectivity index (χ1) is 11.3. The van der Waals surface area contributed by atoms with Crippen LogP contribution in [0.5, 0.6) is 0 Å². The first-order valence-electron chi connectivity index (χ1n) is 7.44. The smallest absolute Gasteiger partial charge is 0.215 e. The van der Waals surface area contributed by atoms with E-state index in [9.17, 15) is 13.5 Å². The Bertz CT molecular complexity index is 777. The van der Waals surface area contributed by atoms with E-state index in [2.05, 4.69) is 4.72 Å². The summed E-state index contributed by atoms with van der Waals surface area (Å²) in [4.78, 5) is 1.95. The second-order valence-electron chi connectivity index (χ2n) is 5.70. The second-order valence-corrected chi connectivity index (χ2v) is 7.91. The van der Waals surface area contributed by atoms with Crippen LogP contribution in [0.3, 0.4) is 0 Å². The summed E-state index contributed by atoms with van der Waals surface area (Å²) in [6.45, 7) is -0.0892. The SMILES string of the molecule is CN(C)c1ccc([C@H](O)CNS(=O)(=O)Cc2ccccc2Cl)cc1. The van der Waals surface area contributed by atoms with Gasteiger partial charge in [0.2, 0.25) is 10.0 Å². The number of benzene rings is 2. The average molecular weight is 369 g/mol. The van der Waals surface area contributed by atoms with Crippen LogP contribution in [0.2, 0.25) is 5.02 Å². The number of aliphatic hydroxyl groups excluding tert-OH is 1. The quantitative estimate of drug-likeness (QED) is 0.788. The molecule has 0 radical (unpaired) electrons. The summed E-state index contributed by atoms with van der Waals surface area (Å²) in [5.41, 5.74) is 2.18. The Balaban J connectivity index is 1.97. The topological polar surface area (TPSA) is 69.6 Å². The molecule has 0 saturated carbocycles. The number of hydrogen-bond acceptors (Lipinski definition) is 4. The van der Waals surface area contributed by atoms with Crippen molar-refractivity contribution in [3.8, 4) is 0 Å². The average Bonchev–Trinajstić information content (AvgIpc) is 2.55. The predicted molar refractivity (Wildman–Crippen MR) is 97.8 cm³/mol. The van der Waals surface area contributed by atoms with Gasteiger partial charge < -0.3 is 10.0 Å². The van der Waals surface area contributed by atoms with E-state index >= 15 is 0 Å². The molecule has 0 unspecified atom stereocenters. The molecule has 2 aromatic rings. The van der Waals surface area contributed by atoms with E-state index in [1.54, 1.807) is 36.4 Å². The van der Waals surface area contributed by atoms with Crippen molar-refractivity contribution >= 4 is 27.3 Å². The number of halogens is 1. The maximum Gasteiger partial charge on any atom is 0.215 e. The summed E-state index contributed by atoms with van der Waals surface area (Å²) < 4.78 is 26.7. The fourth-order valence-electron chi connectivity index (χ4n) is 2.19. The Morgan fingerprint density at radius 2 is 1.75 bits per heavy atom. The summed E-state index contributed by atoms with van der Waals surface area (Å²) >= 11 is 5.98. The number of rotatable bonds is 7. The van der Waals surface area contributed by atoms with Crippen LogP contribution in [0.15, 0.2) is 48.5 Å². The number of aliphatic hydroxyl groups is 1. The summed E-state index contributed by atoms with van der Waals surface area (Å²) in [5, 5.41) is 10.6. The van der Waals surface area contributed by atoms with Crippen molar-refractivity contribution in [3.63, 3.8) is 0 Å². The van der Waals surface area contributed by atoms with Crippen LogP contribution in [0.25, 0.3) is 0 Å². The predicted octanol–water partition coefficient (Wildman–Crippen LogP) is 2.56. The fourth-order valence-corrected chi connectivity index (χ4v) is 3.65. The molecule has 0 heterocycles. The summed E-state index contributed by atoms with van der Waals surface area (Å²) in [6, 6.07) is 14.1. The molecular weight excluding hydrogens is 348 g/mol. The summed E-state index contributed by atoms with van der Waals surface area (Å²) in [5.74, 6) is -0.223. The number of anilines is 1. The summed E-state index contributed by atoms with van der Waals surface area (Å²) in [7, 11) is 0.265. The molecule has 0 bridgehead atoms. The minimum absolute atomic E-state index is 0.0892. The lowest BCUT2D eigenvalue weighted by molar-refractivity contribution is 0.182. The number of nitrogens with one attached hydrogen (secondary N) is 1. The van der Waals surface area contributed by atoms with E-state index in [0.717, 1.165) is 5.69 Å². The van der Waals surface area contributed by atoms with Gasteiger partial charge in [-0.25, -0.2) is 13.1 Å². The fraction of sp³-hybridized carbons (Fsp3) is 0.294. The highest BCUT2D eigenvalue weighted by Crippen LogP contribution is 2.19. The molecule has 7 heteroatoms. The van der Waals surface area contributed by atoms with Crippen LogP contribution < -0.4 is 9.62 Å². The van der Waals surface area contributed by atoms with Crippen LogP contribution in [-0.2, 0) is 15.8 Å². The van der Waals surface area contributed by atoms with Crippen molar-refractivity contribution in [3.05, 3.63) is 64.7 Å². The van der Waals surface area contributed by atoms with Crippen molar-refractivity contribution in [2.75, 3.05) is 25.5 Å². The molecule has 0 spiro atoms.